The van der Waals surface area contributed by atoms with Gasteiger partial charge in [0.25, 0.3) is 0 Å². The molecule has 1 heterocycles. The van der Waals surface area contributed by atoms with Crippen molar-refractivity contribution in [3.63, 3.8) is 0 Å². The largest absolute Gasteiger partial charge is 0.493 e. The van der Waals surface area contributed by atoms with Gasteiger partial charge in [-0.25, -0.2) is 4.79 Å². The third kappa shape index (κ3) is 5.76. The molecule has 0 radical (unpaired) electrons. The van der Waals surface area contributed by atoms with E-state index in [1.807, 2.05) is 44.2 Å². The number of hydrogen-bond donors (Lipinski definition) is 1. The number of methoxy groups -OCH3 is 3. The Balaban J connectivity index is 1.59. The van der Waals surface area contributed by atoms with E-state index in [9.17, 15) is 9.59 Å². The van der Waals surface area contributed by atoms with Crippen LogP contribution in [-0.2, 0) is 14.3 Å². The SMILES string of the molecule is CCOc1cc([C@H]2C(C(=O)OC3CCCC3)=C(C)NC3=C2C(=O)C[C@H](c2ccc(OC)c(OC)c2)C3)cc(Br)c1OC. The Morgan fingerprint density at radius 1 is 0.952 bits per heavy atom. The molecule has 0 bridgehead atoms. The minimum atomic E-state index is -0.615. The summed E-state index contributed by atoms with van der Waals surface area (Å²) in [6.45, 7) is 4.22. The monoisotopic (exact) mass is 639 g/mol. The van der Waals surface area contributed by atoms with Crippen LogP contribution in [0.25, 0.3) is 0 Å². The molecule has 1 aliphatic heterocycles. The number of esters is 1. The molecule has 1 N–H and O–H groups in total. The van der Waals surface area contributed by atoms with Gasteiger partial charge < -0.3 is 29.0 Å². The van der Waals surface area contributed by atoms with E-state index in [0.29, 0.717) is 63.8 Å². The van der Waals surface area contributed by atoms with Crippen LogP contribution in [0.15, 0.2) is 57.3 Å². The maximum atomic E-state index is 14.1. The molecule has 0 spiro atoms. The fourth-order valence-corrected chi connectivity index (χ4v) is 7.04. The number of ketones is 1. The second-order valence-electron chi connectivity index (χ2n) is 10.9. The van der Waals surface area contributed by atoms with E-state index in [1.54, 1.807) is 21.3 Å². The van der Waals surface area contributed by atoms with Crippen LogP contribution in [-0.4, -0.2) is 45.8 Å². The van der Waals surface area contributed by atoms with Gasteiger partial charge in [-0.1, -0.05) is 6.07 Å². The van der Waals surface area contributed by atoms with E-state index in [-0.39, 0.29) is 23.8 Å². The fourth-order valence-electron chi connectivity index (χ4n) is 6.42. The Hall–Kier alpha value is -3.46. The zero-order valence-electron chi connectivity index (χ0n) is 24.8. The Kier molecular flexibility index (Phi) is 9.16. The van der Waals surface area contributed by atoms with E-state index >= 15 is 0 Å². The first-order chi connectivity index (χ1) is 20.3. The highest BCUT2D eigenvalue weighted by atomic mass is 79.9. The van der Waals surface area contributed by atoms with Crippen molar-refractivity contribution in [1.82, 2.24) is 5.32 Å². The number of ether oxygens (including phenoxy) is 5. The highest BCUT2D eigenvalue weighted by Gasteiger charge is 2.42. The lowest BCUT2D eigenvalue weighted by Gasteiger charge is -2.37. The van der Waals surface area contributed by atoms with E-state index < -0.39 is 5.92 Å². The first kappa shape index (κ1) is 30.0. The summed E-state index contributed by atoms with van der Waals surface area (Å²) in [5.41, 5.74) is 4.30. The molecule has 0 unspecified atom stereocenters. The Labute approximate surface area is 255 Å². The highest BCUT2D eigenvalue weighted by Crippen LogP contribution is 2.49. The average molecular weight is 641 g/mol. The van der Waals surface area contributed by atoms with Crippen molar-refractivity contribution in [2.75, 3.05) is 27.9 Å². The van der Waals surface area contributed by atoms with E-state index in [1.165, 1.54) is 0 Å². The Bertz CT molecular complexity index is 1440. The Morgan fingerprint density at radius 3 is 2.33 bits per heavy atom. The molecule has 8 nitrogen and oxygen atoms in total. The summed E-state index contributed by atoms with van der Waals surface area (Å²) in [5, 5.41) is 3.45. The fraction of sp³-hybridized carbons (Fsp3) is 0.455. The number of carbonyl (C=O) groups excluding carboxylic acids is 2. The van der Waals surface area contributed by atoms with Gasteiger partial charge in [-0.2, -0.15) is 0 Å². The summed E-state index contributed by atoms with van der Waals surface area (Å²) in [7, 11) is 4.79. The summed E-state index contributed by atoms with van der Waals surface area (Å²) in [6, 6.07) is 9.56. The summed E-state index contributed by atoms with van der Waals surface area (Å²) in [5.74, 6) is 1.27. The lowest BCUT2D eigenvalue weighted by molar-refractivity contribution is -0.144. The van der Waals surface area contributed by atoms with Gasteiger partial charge in [-0.15, -0.1) is 0 Å². The van der Waals surface area contributed by atoms with Crippen molar-refractivity contribution in [3.8, 4) is 23.0 Å². The minimum Gasteiger partial charge on any atom is -0.493 e. The predicted octanol–water partition coefficient (Wildman–Crippen LogP) is 6.72. The third-order valence-corrected chi connectivity index (χ3v) is 8.96. The molecule has 2 aromatic carbocycles. The smallest absolute Gasteiger partial charge is 0.337 e. The van der Waals surface area contributed by atoms with Gasteiger partial charge in [0.1, 0.15) is 6.10 Å². The van der Waals surface area contributed by atoms with Crippen LogP contribution in [0.1, 0.15) is 75.3 Å². The average Bonchev–Trinajstić information content (AvgIpc) is 3.48. The van der Waals surface area contributed by atoms with Crippen molar-refractivity contribution in [1.29, 1.82) is 0 Å². The van der Waals surface area contributed by atoms with E-state index in [2.05, 4.69) is 21.2 Å². The number of nitrogens with one attached hydrogen (secondary N) is 1. The lowest BCUT2D eigenvalue weighted by atomic mass is 9.71. The Morgan fingerprint density at radius 2 is 1.67 bits per heavy atom. The van der Waals surface area contributed by atoms with Crippen LogP contribution in [0.2, 0.25) is 0 Å². The molecular formula is C33H38BrNO7. The van der Waals surface area contributed by atoms with Crippen LogP contribution >= 0.6 is 15.9 Å². The summed E-state index contributed by atoms with van der Waals surface area (Å²) >= 11 is 3.63. The number of halogens is 1. The first-order valence-electron chi connectivity index (χ1n) is 14.5. The molecule has 2 atom stereocenters. The molecule has 9 heteroatoms. The van der Waals surface area contributed by atoms with E-state index in [4.69, 9.17) is 23.7 Å². The van der Waals surface area contributed by atoms with Gasteiger partial charge in [0, 0.05) is 29.3 Å². The van der Waals surface area contributed by atoms with Crippen LogP contribution in [0.3, 0.4) is 0 Å². The summed E-state index contributed by atoms with van der Waals surface area (Å²) in [6.07, 6.45) is 4.61. The van der Waals surface area contributed by atoms with Crippen molar-refractivity contribution >= 4 is 27.7 Å². The molecule has 42 heavy (non-hydrogen) atoms. The predicted molar refractivity (Wildman–Crippen MR) is 162 cm³/mol. The second-order valence-corrected chi connectivity index (χ2v) is 11.8. The van der Waals surface area contributed by atoms with Crippen LogP contribution < -0.4 is 24.3 Å². The second kappa shape index (κ2) is 12.8. The van der Waals surface area contributed by atoms with Gasteiger partial charge >= 0.3 is 5.97 Å². The molecule has 1 saturated carbocycles. The molecule has 0 amide bonds. The van der Waals surface area contributed by atoms with Crippen LogP contribution in [0.4, 0.5) is 0 Å². The molecule has 0 saturated heterocycles. The number of carbonyl (C=O) groups is 2. The maximum absolute atomic E-state index is 14.1. The zero-order chi connectivity index (χ0) is 30.0. The maximum Gasteiger partial charge on any atom is 0.337 e. The lowest BCUT2D eigenvalue weighted by Crippen LogP contribution is -2.36. The minimum absolute atomic E-state index is 0.0166. The first-order valence-corrected chi connectivity index (χ1v) is 15.3. The molecule has 0 aromatic heterocycles. The molecule has 1 fully saturated rings. The zero-order valence-corrected chi connectivity index (χ0v) is 26.4. The van der Waals surface area contributed by atoms with Gasteiger partial charge in [0.15, 0.2) is 28.8 Å². The third-order valence-electron chi connectivity index (χ3n) is 8.37. The van der Waals surface area contributed by atoms with E-state index in [0.717, 1.165) is 42.5 Å². The van der Waals surface area contributed by atoms with Crippen molar-refractivity contribution in [2.45, 2.75) is 70.3 Å². The van der Waals surface area contributed by atoms with Gasteiger partial charge in [0.05, 0.1) is 38.0 Å². The van der Waals surface area contributed by atoms with Crippen molar-refractivity contribution in [3.05, 3.63) is 68.5 Å². The number of rotatable bonds is 9. The number of hydrogen-bond acceptors (Lipinski definition) is 8. The molecule has 3 aliphatic rings. The highest BCUT2D eigenvalue weighted by molar-refractivity contribution is 9.10. The van der Waals surface area contributed by atoms with Gasteiger partial charge in [-0.05, 0) is 103 Å². The van der Waals surface area contributed by atoms with Gasteiger partial charge in [0.2, 0.25) is 0 Å². The molecule has 224 valence electrons. The summed E-state index contributed by atoms with van der Waals surface area (Å²) < 4.78 is 29.1. The quantitative estimate of drug-likeness (QED) is 0.302. The standard InChI is InChI=1S/C33H38BrNO7/c1-6-41-28-17-21(13-23(34)32(28)40-5)30-29(33(37)42-22-9-7-8-10-22)18(2)35-24-14-20(15-25(36)31(24)30)19-11-12-26(38-3)27(16-19)39-4/h11-13,16-17,20,22,30,35H,6-10,14-15H2,1-5H3/t20-,30+/m1/s1. The number of benzene rings is 2. The van der Waals surface area contributed by atoms with Crippen molar-refractivity contribution in [2.24, 2.45) is 0 Å². The molecule has 5 rings (SSSR count). The topological polar surface area (TPSA) is 92.3 Å². The van der Waals surface area contributed by atoms with Crippen LogP contribution in [0, 0.1) is 0 Å². The molecule has 2 aliphatic carbocycles. The van der Waals surface area contributed by atoms with Crippen LogP contribution in [0.5, 0.6) is 23.0 Å². The molecule has 2 aromatic rings. The van der Waals surface area contributed by atoms with Crippen molar-refractivity contribution < 1.29 is 33.3 Å². The van der Waals surface area contributed by atoms with Gasteiger partial charge in [-0.3, -0.25) is 4.79 Å². The number of allylic oxidation sites excluding steroid dienone is 3. The number of dihydropyridines is 1. The molecular weight excluding hydrogens is 602 g/mol. The normalized spacial score (nSPS) is 20.7. The summed E-state index contributed by atoms with van der Waals surface area (Å²) in [4.78, 5) is 27.9. The number of Topliss-reactive ketones (excluding diaryl/α,β-unsaturated/α-hetero) is 1.